The van der Waals surface area contributed by atoms with Crippen LogP contribution < -0.4 is 5.73 Å². The number of aliphatic carboxylic acids is 1. The van der Waals surface area contributed by atoms with Crippen molar-refractivity contribution >= 4 is 11.9 Å². The van der Waals surface area contributed by atoms with Gasteiger partial charge in [-0.25, -0.2) is 4.79 Å². The SMILES string of the molecule is CCN(C(=O)C[C@@H](CN)CC(C)C)C(C)(C)C(=O)O. The number of hydrogen-bond donors (Lipinski definition) is 2. The number of carboxylic acid groups (broad SMARTS) is 1. The van der Waals surface area contributed by atoms with Crippen LogP contribution in [0.15, 0.2) is 0 Å². The van der Waals surface area contributed by atoms with Gasteiger partial charge < -0.3 is 15.7 Å². The van der Waals surface area contributed by atoms with E-state index in [0.717, 1.165) is 6.42 Å². The molecule has 0 bridgehead atoms. The van der Waals surface area contributed by atoms with Crippen molar-refractivity contribution in [2.24, 2.45) is 17.6 Å². The molecule has 0 rings (SSSR count). The summed E-state index contributed by atoms with van der Waals surface area (Å²) >= 11 is 0. The summed E-state index contributed by atoms with van der Waals surface area (Å²) in [6.07, 6.45) is 1.20. The van der Waals surface area contributed by atoms with Crippen molar-refractivity contribution in [2.45, 2.75) is 53.0 Å². The van der Waals surface area contributed by atoms with E-state index in [4.69, 9.17) is 5.73 Å². The Bertz CT molecular complexity index is 314. The Balaban J connectivity index is 4.81. The van der Waals surface area contributed by atoms with E-state index in [-0.39, 0.29) is 11.8 Å². The first-order valence-electron chi connectivity index (χ1n) is 6.90. The van der Waals surface area contributed by atoms with E-state index in [0.29, 0.717) is 25.4 Å². The van der Waals surface area contributed by atoms with Gasteiger partial charge in [-0.2, -0.15) is 0 Å². The van der Waals surface area contributed by atoms with Crippen LogP contribution in [0.5, 0.6) is 0 Å². The molecule has 19 heavy (non-hydrogen) atoms. The highest BCUT2D eigenvalue weighted by molar-refractivity contribution is 5.86. The number of amides is 1. The van der Waals surface area contributed by atoms with Crippen molar-refractivity contribution in [3.05, 3.63) is 0 Å². The Kier molecular flexibility index (Phi) is 7.05. The Labute approximate surface area is 116 Å². The van der Waals surface area contributed by atoms with E-state index in [9.17, 15) is 14.7 Å². The molecule has 0 aromatic carbocycles. The normalized spacial score (nSPS) is 13.4. The second-order valence-electron chi connectivity index (χ2n) is 5.94. The van der Waals surface area contributed by atoms with Gasteiger partial charge in [0.1, 0.15) is 5.54 Å². The second kappa shape index (κ2) is 7.48. The number of hydrogen-bond acceptors (Lipinski definition) is 3. The van der Waals surface area contributed by atoms with E-state index in [1.807, 2.05) is 0 Å². The molecule has 0 heterocycles. The first kappa shape index (κ1) is 17.9. The smallest absolute Gasteiger partial charge is 0.329 e. The number of likely N-dealkylation sites (N-methyl/N-ethyl adjacent to an activating group) is 1. The van der Waals surface area contributed by atoms with E-state index < -0.39 is 11.5 Å². The predicted octanol–water partition coefficient (Wildman–Crippen LogP) is 1.71. The summed E-state index contributed by atoms with van der Waals surface area (Å²) < 4.78 is 0. The van der Waals surface area contributed by atoms with Gasteiger partial charge in [0.2, 0.25) is 5.91 Å². The number of rotatable bonds is 8. The van der Waals surface area contributed by atoms with Crippen LogP contribution in [-0.4, -0.2) is 40.5 Å². The van der Waals surface area contributed by atoms with Crippen LogP contribution in [-0.2, 0) is 9.59 Å². The molecule has 5 heteroatoms. The standard InChI is InChI=1S/C14H28N2O3/c1-6-16(14(4,5)13(18)19)12(17)8-11(9-15)7-10(2)3/h10-11H,6-9,15H2,1-5H3,(H,18,19)/t11-/m0/s1. The van der Waals surface area contributed by atoms with Crippen molar-refractivity contribution in [3.63, 3.8) is 0 Å². The summed E-state index contributed by atoms with van der Waals surface area (Å²) in [5, 5.41) is 9.21. The maximum Gasteiger partial charge on any atom is 0.329 e. The zero-order valence-corrected chi connectivity index (χ0v) is 12.8. The van der Waals surface area contributed by atoms with Crippen LogP contribution in [0.3, 0.4) is 0 Å². The van der Waals surface area contributed by atoms with Gasteiger partial charge in [-0.1, -0.05) is 13.8 Å². The van der Waals surface area contributed by atoms with Gasteiger partial charge in [-0.3, -0.25) is 4.79 Å². The van der Waals surface area contributed by atoms with Gasteiger partial charge in [0.05, 0.1) is 0 Å². The molecule has 0 radical (unpaired) electrons. The van der Waals surface area contributed by atoms with Crippen molar-refractivity contribution in [1.29, 1.82) is 0 Å². The fourth-order valence-electron chi connectivity index (χ4n) is 2.29. The molecule has 1 amide bonds. The van der Waals surface area contributed by atoms with Crippen LogP contribution in [0.1, 0.15) is 47.5 Å². The maximum absolute atomic E-state index is 12.3. The zero-order chi connectivity index (χ0) is 15.2. The molecule has 3 N–H and O–H groups in total. The Hall–Kier alpha value is -1.10. The molecular weight excluding hydrogens is 244 g/mol. The minimum Gasteiger partial charge on any atom is -0.480 e. The molecule has 0 aromatic rings. The number of carboxylic acids is 1. The van der Waals surface area contributed by atoms with E-state index >= 15 is 0 Å². The average Bonchev–Trinajstić information content (AvgIpc) is 2.27. The van der Waals surface area contributed by atoms with E-state index in [2.05, 4.69) is 13.8 Å². The third-order valence-corrected chi connectivity index (χ3v) is 3.42. The highest BCUT2D eigenvalue weighted by Crippen LogP contribution is 2.20. The van der Waals surface area contributed by atoms with Gasteiger partial charge in [0, 0.05) is 13.0 Å². The highest BCUT2D eigenvalue weighted by atomic mass is 16.4. The zero-order valence-electron chi connectivity index (χ0n) is 12.8. The number of carbonyl (C=O) groups excluding carboxylic acids is 1. The Morgan fingerprint density at radius 2 is 1.84 bits per heavy atom. The molecule has 0 saturated carbocycles. The first-order chi connectivity index (χ1) is 8.66. The minimum atomic E-state index is -1.18. The Morgan fingerprint density at radius 3 is 2.16 bits per heavy atom. The van der Waals surface area contributed by atoms with Gasteiger partial charge in [0.15, 0.2) is 0 Å². The summed E-state index contributed by atoms with van der Waals surface area (Å²) in [6, 6.07) is 0. The molecular formula is C14H28N2O3. The minimum absolute atomic E-state index is 0.117. The third kappa shape index (κ3) is 5.19. The molecule has 0 aliphatic carbocycles. The molecule has 0 aliphatic heterocycles. The summed E-state index contributed by atoms with van der Waals surface area (Å²) in [5.41, 5.74) is 4.51. The molecule has 0 fully saturated rings. The van der Waals surface area contributed by atoms with Gasteiger partial charge in [-0.05, 0) is 45.6 Å². The summed E-state index contributed by atoms with van der Waals surface area (Å²) in [7, 11) is 0. The average molecular weight is 272 g/mol. The van der Waals surface area contributed by atoms with Crippen LogP contribution in [0.25, 0.3) is 0 Å². The maximum atomic E-state index is 12.3. The number of nitrogens with zero attached hydrogens (tertiary/aromatic N) is 1. The molecule has 0 aliphatic rings. The number of nitrogens with two attached hydrogens (primary N) is 1. The molecule has 112 valence electrons. The third-order valence-electron chi connectivity index (χ3n) is 3.42. The lowest BCUT2D eigenvalue weighted by molar-refractivity contribution is -0.157. The second-order valence-corrected chi connectivity index (χ2v) is 5.94. The van der Waals surface area contributed by atoms with Crippen molar-refractivity contribution < 1.29 is 14.7 Å². The topological polar surface area (TPSA) is 83.6 Å². The monoisotopic (exact) mass is 272 g/mol. The van der Waals surface area contributed by atoms with Crippen LogP contribution in [0.4, 0.5) is 0 Å². The first-order valence-corrected chi connectivity index (χ1v) is 6.90. The van der Waals surface area contributed by atoms with Gasteiger partial charge in [0.25, 0.3) is 0 Å². The molecule has 5 nitrogen and oxygen atoms in total. The van der Waals surface area contributed by atoms with Crippen molar-refractivity contribution in [3.8, 4) is 0 Å². The molecule has 0 saturated heterocycles. The van der Waals surface area contributed by atoms with E-state index in [1.165, 1.54) is 4.90 Å². The summed E-state index contributed by atoms with van der Waals surface area (Å²) in [6.45, 7) is 9.92. The highest BCUT2D eigenvalue weighted by Gasteiger charge is 2.37. The van der Waals surface area contributed by atoms with E-state index in [1.54, 1.807) is 20.8 Å². The molecule has 1 atom stereocenters. The van der Waals surface area contributed by atoms with Crippen molar-refractivity contribution in [1.82, 2.24) is 4.90 Å². The lowest BCUT2D eigenvalue weighted by atomic mass is 9.92. The summed E-state index contributed by atoms with van der Waals surface area (Å²) in [5.74, 6) is -0.531. The molecule has 0 unspecified atom stereocenters. The fraction of sp³-hybridized carbons (Fsp3) is 0.857. The van der Waals surface area contributed by atoms with Crippen LogP contribution in [0.2, 0.25) is 0 Å². The van der Waals surface area contributed by atoms with Gasteiger partial charge in [-0.15, -0.1) is 0 Å². The van der Waals surface area contributed by atoms with Crippen LogP contribution in [0, 0.1) is 11.8 Å². The van der Waals surface area contributed by atoms with Crippen LogP contribution >= 0.6 is 0 Å². The molecule has 0 spiro atoms. The number of carbonyl (C=O) groups is 2. The van der Waals surface area contributed by atoms with Crippen molar-refractivity contribution in [2.75, 3.05) is 13.1 Å². The lowest BCUT2D eigenvalue weighted by Gasteiger charge is -2.35. The fourth-order valence-corrected chi connectivity index (χ4v) is 2.29. The quantitative estimate of drug-likeness (QED) is 0.704. The molecule has 0 aromatic heterocycles. The van der Waals surface area contributed by atoms with Gasteiger partial charge >= 0.3 is 5.97 Å². The Morgan fingerprint density at radius 1 is 1.32 bits per heavy atom. The predicted molar refractivity (Wildman–Crippen MR) is 75.7 cm³/mol. The largest absolute Gasteiger partial charge is 0.480 e. The summed E-state index contributed by atoms with van der Waals surface area (Å²) in [4.78, 5) is 24.9. The lowest BCUT2D eigenvalue weighted by Crippen LogP contribution is -2.53.